The van der Waals surface area contributed by atoms with Crippen LogP contribution in [0.25, 0.3) is 22.7 Å². The van der Waals surface area contributed by atoms with E-state index in [2.05, 4.69) is 35.9 Å². The topological polar surface area (TPSA) is 132 Å². The lowest BCUT2D eigenvalue weighted by atomic mass is 10.3. The number of hydrogen-bond donors (Lipinski definition) is 3. The molecule has 3 N–H and O–H groups in total. The number of fused-ring (bicyclic) bond motifs is 1. The molecule has 4 heterocycles. The average molecular weight is 431 g/mol. The number of aromatic nitrogens is 6. The van der Waals surface area contributed by atoms with Crippen LogP contribution in [-0.2, 0) is 0 Å². The van der Waals surface area contributed by atoms with E-state index in [1.54, 1.807) is 52.5 Å². The van der Waals surface area contributed by atoms with E-state index in [4.69, 9.17) is 0 Å². The summed E-state index contributed by atoms with van der Waals surface area (Å²) in [7, 11) is 0. The van der Waals surface area contributed by atoms with Crippen LogP contribution in [0.1, 0.15) is 30.3 Å². The van der Waals surface area contributed by atoms with Gasteiger partial charge in [-0.05, 0) is 31.9 Å². The Bertz CT molecular complexity index is 1290. The van der Waals surface area contributed by atoms with Gasteiger partial charge in [-0.25, -0.2) is 19.7 Å². The number of pyridine rings is 1. The number of urea groups is 1. The summed E-state index contributed by atoms with van der Waals surface area (Å²) < 4.78 is 3.49. The second kappa shape index (κ2) is 8.10. The molecule has 0 unspecified atom stereocenters. The standard InChI is InChI=1S/C21H21N9O2/c1-2-22-21(32)28-15-11-30(20-23-6-3-7-24-20)17-8-14(9-25-18(15)17)29-10-16(26-12-29)19(31)27-13-4-5-13/h3,6-13H,2,4-5H2,1H3,(H,27,31)(H2,22,28,32). The van der Waals surface area contributed by atoms with Crippen LogP contribution < -0.4 is 16.0 Å². The highest BCUT2D eigenvalue weighted by Gasteiger charge is 2.25. The highest BCUT2D eigenvalue weighted by molar-refractivity contribution is 6.00. The number of amides is 3. The Morgan fingerprint density at radius 2 is 1.94 bits per heavy atom. The van der Waals surface area contributed by atoms with E-state index < -0.39 is 0 Å². The smallest absolute Gasteiger partial charge is 0.319 e. The van der Waals surface area contributed by atoms with Gasteiger partial charge in [0.25, 0.3) is 5.91 Å². The number of rotatable bonds is 6. The second-order valence-corrected chi connectivity index (χ2v) is 7.42. The van der Waals surface area contributed by atoms with Crippen molar-refractivity contribution in [3.05, 3.63) is 55.1 Å². The average Bonchev–Trinajstić information content (AvgIpc) is 3.34. The van der Waals surface area contributed by atoms with Crippen LogP contribution in [0.15, 0.2) is 49.4 Å². The molecule has 0 saturated heterocycles. The minimum absolute atomic E-state index is 0.185. The minimum Gasteiger partial charge on any atom is -0.348 e. The Morgan fingerprint density at radius 3 is 2.69 bits per heavy atom. The van der Waals surface area contributed by atoms with Crippen molar-refractivity contribution in [2.24, 2.45) is 0 Å². The zero-order valence-electron chi connectivity index (χ0n) is 17.3. The van der Waals surface area contributed by atoms with Crippen LogP contribution in [0, 0.1) is 0 Å². The molecule has 0 bridgehead atoms. The Kier molecular flexibility index (Phi) is 4.98. The van der Waals surface area contributed by atoms with Gasteiger partial charge in [0.1, 0.15) is 17.5 Å². The first-order valence-corrected chi connectivity index (χ1v) is 10.3. The fourth-order valence-electron chi connectivity index (χ4n) is 3.30. The maximum Gasteiger partial charge on any atom is 0.319 e. The fraction of sp³-hybridized carbons (Fsp3) is 0.238. The van der Waals surface area contributed by atoms with Gasteiger partial charge < -0.3 is 20.5 Å². The van der Waals surface area contributed by atoms with Crippen molar-refractivity contribution >= 4 is 28.7 Å². The highest BCUT2D eigenvalue weighted by atomic mass is 16.2. The molecule has 4 aromatic heterocycles. The number of anilines is 1. The van der Waals surface area contributed by atoms with Crippen molar-refractivity contribution in [2.75, 3.05) is 11.9 Å². The summed E-state index contributed by atoms with van der Waals surface area (Å²) in [6, 6.07) is 3.54. The molecule has 1 aliphatic rings. The monoisotopic (exact) mass is 431 g/mol. The molecule has 0 atom stereocenters. The van der Waals surface area contributed by atoms with E-state index in [0.717, 1.165) is 12.8 Å². The predicted octanol–water partition coefficient (Wildman–Crippen LogP) is 2.03. The molecule has 11 heteroatoms. The van der Waals surface area contributed by atoms with Gasteiger partial charge in [-0.15, -0.1) is 0 Å². The van der Waals surface area contributed by atoms with Crippen molar-refractivity contribution in [3.63, 3.8) is 0 Å². The Morgan fingerprint density at radius 1 is 1.12 bits per heavy atom. The molecular weight excluding hydrogens is 410 g/mol. The zero-order chi connectivity index (χ0) is 22.1. The van der Waals surface area contributed by atoms with E-state index in [1.165, 1.54) is 0 Å². The molecule has 4 aromatic rings. The van der Waals surface area contributed by atoms with Crippen molar-refractivity contribution in [3.8, 4) is 11.6 Å². The molecule has 1 aliphatic carbocycles. The predicted molar refractivity (Wildman–Crippen MR) is 117 cm³/mol. The third-order valence-corrected chi connectivity index (χ3v) is 5.01. The van der Waals surface area contributed by atoms with E-state index in [-0.39, 0.29) is 18.0 Å². The van der Waals surface area contributed by atoms with Crippen molar-refractivity contribution in [1.82, 2.24) is 39.7 Å². The van der Waals surface area contributed by atoms with Crippen molar-refractivity contribution in [1.29, 1.82) is 0 Å². The van der Waals surface area contributed by atoms with Crippen LogP contribution in [0.3, 0.4) is 0 Å². The van der Waals surface area contributed by atoms with Gasteiger partial charge in [0.05, 0.1) is 23.1 Å². The van der Waals surface area contributed by atoms with Gasteiger partial charge in [-0.3, -0.25) is 14.3 Å². The molecule has 5 rings (SSSR count). The molecule has 162 valence electrons. The molecule has 3 amide bonds. The zero-order valence-corrected chi connectivity index (χ0v) is 17.3. The number of nitrogens with zero attached hydrogens (tertiary/aromatic N) is 6. The fourth-order valence-corrected chi connectivity index (χ4v) is 3.30. The van der Waals surface area contributed by atoms with Crippen LogP contribution in [0.4, 0.5) is 10.5 Å². The minimum atomic E-state index is -0.327. The summed E-state index contributed by atoms with van der Waals surface area (Å²) in [4.78, 5) is 41.8. The molecule has 0 aliphatic heterocycles. The summed E-state index contributed by atoms with van der Waals surface area (Å²) in [5.74, 6) is 0.255. The Hall–Kier alpha value is -4.28. The summed E-state index contributed by atoms with van der Waals surface area (Å²) in [6.45, 7) is 2.34. The lowest BCUT2D eigenvalue weighted by Crippen LogP contribution is -2.28. The molecule has 1 saturated carbocycles. The van der Waals surface area contributed by atoms with Crippen molar-refractivity contribution in [2.45, 2.75) is 25.8 Å². The normalized spacial score (nSPS) is 13.2. The summed E-state index contributed by atoms with van der Waals surface area (Å²) in [5.41, 5.74) is 2.85. The summed E-state index contributed by atoms with van der Waals surface area (Å²) in [5, 5.41) is 8.45. The number of carbonyl (C=O) groups excluding carboxylic acids is 2. The van der Waals surface area contributed by atoms with E-state index in [1.807, 2.05) is 13.0 Å². The van der Waals surface area contributed by atoms with Crippen molar-refractivity contribution < 1.29 is 9.59 Å². The maximum absolute atomic E-state index is 12.3. The van der Waals surface area contributed by atoms with E-state index in [9.17, 15) is 9.59 Å². The third-order valence-electron chi connectivity index (χ3n) is 5.01. The van der Waals surface area contributed by atoms with Gasteiger partial charge in [0, 0.05) is 37.4 Å². The molecule has 32 heavy (non-hydrogen) atoms. The quantitative estimate of drug-likeness (QED) is 0.428. The molecule has 1 fully saturated rings. The summed E-state index contributed by atoms with van der Waals surface area (Å²) in [6.07, 6.45) is 11.9. The first-order valence-electron chi connectivity index (χ1n) is 10.3. The summed E-state index contributed by atoms with van der Waals surface area (Å²) >= 11 is 0. The number of hydrogen-bond acceptors (Lipinski definition) is 6. The van der Waals surface area contributed by atoms with Crippen LogP contribution in [0.2, 0.25) is 0 Å². The molecule has 0 radical (unpaired) electrons. The third kappa shape index (κ3) is 3.87. The van der Waals surface area contributed by atoms with Gasteiger partial charge in [0.2, 0.25) is 5.95 Å². The van der Waals surface area contributed by atoms with Crippen LogP contribution >= 0.6 is 0 Å². The lowest BCUT2D eigenvalue weighted by molar-refractivity contribution is 0.0946. The highest BCUT2D eigenvalue weighted by Crippen LogP contribution is 2.28. The number of imidazole rings is 1. The van der Waals surface area contributed by atoms with Gasteiger partial charge in [0.15, 0.2) is 0 Å². The molecule has 11 nitrogen and oxygen atoms in total. The number of carbonyl (C=O) groups is 2. The molecule has 0 aromatic carbocycles. The van der Waals surface area contributed by atoms with Crippen LogP contribution in [0.5, 0.6) is 0 Å². The van der Waals surface area contributed by atoms with E-state index in [0.29, 0.717) is 40.6 Å². The first kappa shape index (κ1) is 19.7. The van der Waals surface area contributed by atoms with Gasteiger partial charge >= 0.3 is 6.03 Å². The Labute approximate surface area is 182 Å². The van der Waals surface area contributed by atoms with Gasteiger partial charge in [-0.1, -0.05) is 0 Å². The SMILES string of the molecule is CCNC(=O)Nc1cn(-c2ncccn2)c2cc(-n3cnc(C(=O)NC4CC4)c3)cnc12. The largest absolute Gasteiger partial charge is 0.348 e. The molecule has 0 spiro atoms. The van der Waals surface area contributed by atoms with Crippen LogP contribution in [-0.4, -0.2) is 53.6 Å². The first-order chi connectivity index (χ1) is 15.6. The molecular formula is C21H21N9O2. The lowest BCUT2D eigenvalue weighted by Gasteiger charge is -2.05. The van der Waals surface area contributed by atoms with E-state index >= 15 is 0 Å². The maximum atomic E-state index is 12.3. The second-order valence-electron chi connectivity index (χ2n) is 7.42. The number of nitrogens with one attached hydrogen (secondary N) is 3. The van der Waals surface area contributed by atoms with Gasteiger partial charge in [-0.2, -0.15) is 0 Å². The Balaban J connectivity index is 1.54.